The Morgan fingerprint density at radius 3 is 2.53 bits per heavy atom. The second-order valence-corrected chi connectivity index (χ2v) is 12.9. The second-order valence-electron chi connectivity index (χ2n) is 10.5. The minimum absolute atomic E-state index is 0.0845. The molecule has 6 nitrogen and oxygen atoms in total. The summed E-state index contributed by atoms with van der Waals surface area (Å²) in [5.41, 5.74) is 1.07. The van der Waals surface area contributed by atoms with Gasteiger partial charge in [0.1, 0.15) is 11.9 Å². The first kappa shape index (κ1) is 26.0. The summed E-state index contributed by atoms with van der Waals surface area (Å²) in [5, 5.41) is 1.20. The van der Waals surface area contributed by atoms with E-state index in [1.165, 1.54) is 29.1 Å². The van der Waals surface area contributed by atoms with Gasteiger partial charge >= 0.3 is 0 Å². The smallest absolute Gasteiger partial charge is 0.191 e. The first-order valence-corrected chi connectivity index (χ1v) is 14.7. The van der Waals surface area contributed by atoms with Crippen LogP contribution in [0.4, 0.5) is 0 Å². The highest BCUT2D eigenvalue weighted by Crippen LogP contribution is 2.40. The predicted molar refractivity (Wildman–Crippen MR) is 141 cm³/mol. The van der Waals surface area contributed by atoms with Gasteiger partial charge in [0, 0.05) is 48.3 Å². The van der Waals surface area contributed by atoms with Gasteiger partial charge in [0.25, 0.3) is 0 Å². The summed E-state index contributed by atoms with van der Waals surface area (Å²) >= 11 is 3.27. The Morgan fingerprint density at radius 2 is 1.86 bits per heavy atom. The molecule has 0 N–H and O–H groups in total. The van der Waals surface area contributed by atoms with Gasteiger partial charge in [-0.3, -0.25) is 9.59 Å². The molecule has 0 radical (unpaired) electrons. The third kappa shape index (κ3) is 6.84. The number of ketones is 2. The summed E-state index contributed by atoms with van der Waals surface area (Å²) in [6, 6.07) is 8.54. The minimum Gasteiger partial charge on any atom is -0.381 e. The molecule has 2 aliphatic heterocycles. The van der Waals surface area contributed by atoms with Crippen LogP contribution in [0.3, 0.4) is 0 Å². The predicted octanol–water partition coefficient (Wildman–Crippen LogP) is 6.35. The number of Topliss-reactive ketones (excluding diaryl/α,β-unsaturated/α-hetero) is 2. The zero-order valence-electron chi connectivity index (χ0n) is 21.1. The fourth-order valence-electron chi connectivity index (χ4n) is 4.84. The Morgan fingerprint density at radius 1 is 1.11 bits per heavy atom. The van der Waals surface area contributed by atoms with Crippen molar-refractivity contribution in [1.29, 1.82) is 0 Å². The maximum Gasteiger partial charge on any atom is 0.191 e. The third-order valence-electron chi connectivity index (χ3n) is 7.09. The number of carbonyl (C=O) groups excluding carboxylic acids is 2. The molecule has 1 aromatic heterocycles. The molecule has 0 amide bonds. The van der Waals surface area contributed by atoms with Crippen LogP contribution in [0.5, 0.6) is 0 Å². The van der Waals surface area contributed by atoms with Crippen LogP contribution in [0.15, 0.2) is 35.4 Å². The number of rotatable bonds is 11. The van der Waals surface area contributed by atoms with E-state index in [1.807, 2.05) is 25.6 Å². The summed E-state index contributed by atoms with van der Waals surface area (Å²) in [6.45, 7) is 5.73. The van der Waals surface area contributed by atoms with E-state index in [9.17, 15) is 9.59 Å². The van der Waals surface area contributed by atoms with E-state index in [-0.39, 0.29) is 36.4 Å². The van der Waals surface area contributed by atoms with E-state index in [0.717, 1.165) is 48.2 Å². The first-order chi connectivity index (χ1) is 17.4. The number of benzene rings is 1. The maximum absolute atomic E-state index is 13.5. The van der Waals surface area contributed by atoms with Crippen LogP contribution in [0.1, 0.15) is 91.1 Å². The van der Waals surface area contributed by atoms with Crippen LogP contribution in [0.2, 0.25) is 0 Å². The van der Waals surface area contributed by atoms with Crippen molar-refractivity contribution < 1.29 is 23.8 Å². The van der Waals surface area contributed by atoms with Crippen LogP contribution in [-0.4, -0.2) is 47.4 Å². The monoisotopic (exact) mass is 529 g/mol. The second kappa shape index (κ2) is 11.4. The molecule has 1 saturated carbocycles. The van der Waals surface area contributed by atoms with Gasteiger partial charge in [0.15, 0.2) is 16.6 Å². The summed E-state index contributed by atoms with van der Waals surface area (Å²) in [4.78, 5) is 32.9. The largest absolute Gasteiger partial charge is 0.381 e. The van der Waals surface area contributed by atoms with Crippen molar-refractivity contribution >= 4 is 34.7 Å². The molecule has 3 aliphatic rings. The van der Waals surface area contributed by atoms with Gasteiger partial charge in [-0.2, -0.15) is 0 Å². The number of thioether (sulfide) groups is 1. The summed E-state index contributed by atoms with van der Waals surface area (Å²) in [6.07, 6.45) is 7.30. The Bertz CT molecular complexity index is 1060. The molecule has 2 unspecified atom stereocenters. The van der Waals surface area contributed by atoms with E-state index in [1.54, 1.807) is 6.20 Å². The SMILES string of the molecule is CC1(C)OCC(c2cnc(C(=O)CCC(=O)C(CC3CCOCC3)c3ccc(SC4CC4)cc3)s2)O1. The number of aromatic nitrogens is 1. The molecule has 2 saturated heterocycles. The molecule has 2 aromatic rings. The van der Waals surface area contributed by atoms with Crippen molar-refractivity contribution in [3.63, 3.8) is 0 Å². The molecule has 1 aromatic carbocycles. The van der Waals surface area contributed by atoms with Gasteiger partial charge in [-0.05, 0) is 69.6 Å². The summed E-state index contributed by atoms with van der Waals surface area (Å²) < 4.78 is 17.0. The van der Waals surface area contributed by atoms with E-state index in [2.05, 4.69) is 29.2 Å². The zero-order chi connectivity index (χ0) is 25.1. The van der Waals surface area contributed by atoms with Crippen LogP contribution in [-0.2, 0) is 19.0 Å². The van der Waals surface area contributed by atoms with Crippen molar-refractivity contribution in [1.82, 2.24) is 4.98 Å². The highest BCUT2D eigenvalue weighted by Gasteiger charge is 2.35. The lowest BCUT2D eigenvalue weighted by atomic mass is 9.81. The fourth-order valence-corrected chi connectivity index (χ4v) is 6.78. The normalized spacial score (nSPS) is 23.0. The van der Waals surface area contributed by atoms with Gasteiger partial charge < -0.3 is 14.2 Å². The fraction of sp³-hybridized carbons (Fsp3) is 0.607. The number of carbonyl (C=O) groups is 2. The van der Waals surface area contributed by atoms with Crippen molar-refractivity contribution in [2.45, 2.75) is 86.7 Å². The third-order valence-corrected chi connectivity index (χ3v) is 9.57. The van der Waals surface area contributed by atoms with Gasteiger partial charge in [-0.25, -0.2) is 4.98 Å². The Labute approximate surface area is 221 Å². The van der Waals surface area contributed by atoms with E-state index < -0.39 is 5.79 Å². The summed E-state index contributed by atoms with van der Waals surface area (Å²) in [5.74, 6) is -0.274. The lowest BCUT2D eigenvalue weighted by molar-refractivity contribution is -0.138. The molecule has 36 heavy (non-hydrogen) atoms. The molecule has 3 heterocycles. The molecule has 3 fully saturated rings. The number of thiazole rings is 1. The maximum atomic E-state index is 13.5. The Balaban J connectivity index is 1.21. The molecule has 1 aliphatic carbocycles. The number of hydrogen-bond donors (Lipinski definition) is 0. The van der Waals surface area contributed by atoms with E-state index in [0.29, 0.717) is 17.5 Å². The standard InChI is InChI=1S/C28H35NO5S2/c1-28(2)33-17-25(34-28)26-16-29-27(36-26)24(31)10-9-23(30)22(15-18-11-13-32-14-12-18)19-3-5-20(6-4-19)35-21-7-8-21/h3-6,16,18,21-22,25H,7-15,17H2,1-2H3. The van der Waals surface area contributed by atoms with Gasteiger partial charge in [-0.1, -0.05) is 12.1 Å². The summed E-state index contributed by atoms with van der Waals surface area (Å²) in [7, 11) is 0. The number of ether oxygens (including phenoxy) is 3. The highest BCUT2D eigenvalue weighted by molar-refractivity contribution is 8.00. The first-order valence-electron chi connectivity index (χ1n) is 13.0. The van der Waals surface area contributed by atoms with E-state index >= 15 is 0 Å². The Kier molecular flexibility index (Phi) is 8.27. The molecular formula is C28H35NO5S2. The van der Waals surface area contributed by atoms with Crippen LogP contribution < -0.4 is 0 Å². The molecular weight excluding hydrogens is 494 g/mol. The zero-order valence-corrected chi connectivity index (χ0v) is 22.7. The highest BCUT2D eigenvalue weighted by atomic mass is 32.2. The molecule has 0 spiro atoms. The molecule has 0 bridgehead atoms. The van der Waals surface area contributed by atoms with E-state index in [4.69, 9.17) is 14.2 Å². The van der Waals surface area contributed by atoms with Crippen molar-refractivity contribution in [3.8, 4) is 0 Å². The van der Waals surface area contributed by atoms with Gasteiger partial charge in [0.05, 0.1) is 11.5 Å². The molecule has 5 rings (SSSR count). The van der Waals surface area contributed by atoms with Crippen LogP contribution in [0, 0.1) is 5.92 Å². The average molecular weight is 530 g/mol. The minimum atomic E-state index is -0.625. The van der Waals surface area contributed by atoms with Gasteiger partial charge in [0.2, 0.25) is 0 Å². The molecule has 8 heteroatoms. The average Bonchev–Trinajstić information content (AvgIpc) is 3.41. The topological polar surface area (TPSA) is 74.7 Å². The van der Waals surface area contributed by atoms with Crippen LogP contribution >= 0.6 is 23.1 Å². The lowest BCUT2D eigenvalue weighted by Gasteiger charge is -2.26. The van der Waals surface area contributed by atoms with Crippen molar-refractivity contribution in [2.75, 3.05) is 19.8 Å². The van der Waals surface area contributed by atoms with Gasteiger partial charge in [-0.15, -0.1) is 23.1 Å². The van der Waals surface area contributed by atoms with Crippen LogP contribution in [0.25, 0.3) is 0 Å². The Hall–Kier alpha value is -1.58. The number of hydrogen-bond acceptors (Lipinski definition) is 8. The molecule has 2 atom stereocenters. The van der Waals surface area contributed by atoms with Crippen molar-refractivity contribution in [2.24, 2.45) is 5.92 Å². The quantitative estimate of drug-likeness (QED) is 0.314. The number of nitrogens with zero attached hydrogens (tertiary/aromatic N) is 1. The molecule has 194 valence electrons. The lowest BCUT2D eigenvalue weighted by Crippen LogP contribution is -2.22. The van der Waals surface area contributed by atoms with Crippen molar-refractivity contribution in [3.05, 3.63) is 45.9 Å².